The Labute approximate surface area is 194 Å². The van der Waals surface area contributed by atoms with Gasteiger partial charge >= 0.3 is 0 Å². The molecule has 7 heteroatoms. The number of aromatic nitrogens is 1. The van der Waals surface area contributed by atoms with Crippen molar-refractivity contribution in [1.29, 1.82) is 0 Å². The van der Waals surface area contributed by atoms with E-state index in [1.165, 1.54) is 6.08 Å². The van der Waals surface area contributed by atoms with E-state index in [-0.39, 0.29) is 17.4 Å². The Bertz CT molecular complexity index is 1170. The number of anilines is 1. The van der Waals surface area contributed by atoms with Crippen molar-refractivity contribution in [3.63, 3.8) is 0 Å². The minimum absolute atomic E-state index is 0.0616. The van der Waals surface area contributed by atoms with Gasteiger partial charge in [-0.15, -0.1) is 0 Å². The molecule has 2 aromatic heterocycles. The number of hydrogen-bond acceptors (Lipinski definition) is 5. The van der Waals surface area contributed by atoms with Gasteiger partial charge in [0.1, 0.15) is 11.3 Å². The van der Waals surface area contributed by atoms with Gasteiger partial charge in [0, 0.05) is 30.3 Å². The summed E-state index contributed by atoms with van der Waals surface area (Å²) in [7, 11) is 1.75. The molecule has 7 nitrogen and oxygen atoms in total. The predicted octanol–water partition coefficient (Wildman–Crippen LogP) is 5.36. The molecule has 3 rings (SSSR count). The van der Waals surface area contributed by atoms with Crippen LogP contribution in [0, 0.1) is 12.3 Å². The molecule has 3 aromatic rings. The lowest BCUT2D eigenvalue weighted by atomic mass is 9.99. The molecule has 33 heavy (non-hydrogen) atoms. The molecule has 0 saturated heterocycles. The lowest BCUT2D eigenvalue weighted by Gasteiger charge is -2.22. The lowest BCUT2D eigenvalue weighted by Crippen LogP contribution is -2.28. The minimum atomic E-state index is -0.238. The van der Waals surface area contributed by atoms with Gasteiger partial charge in [-0.05, 0) is 43.0 Å². The van der Waals surface area contributed by atoms with Crippen molar-refractivity contribution in [2.45, 2.75) is 40.7 Å². The highest BCUT2D eigenvalue weighted by molar-refractivity contribution is 5.92. The number of hydrogen-bond donors (Lipinski definition) is 1. The quantitative estimate of drug-likeness (QED) is 0.370. The molecule has 1 N–H and O–H groups in total. The van der Waals surface area contributed by atoms with Crippen LogP contribution in [0.3, 0.4) is 0 Å². The summed E-state index contributed by atoms with van der Waals surface area (Å²) in [6.45, 7) is 10.6. The summed E-state index contributed by atoms with van der Waals surface area (Å²) < 4.78 is 11.9. The van der Waals surface area contributed by atoms with Crippen LogP contribution in [0.5, 0.6) is 5.75 Å². The standard InChI is InChI=1S/C26H31N3O4/c1-17-20-9-7-8-10-21(20)33-24(17)18(2)29(6)23(31)12-11-19-13-22(32-15-26(3,4)5)25(27-14-19)28-16-30/h7-14,16,18H,15H2,1-6H3,(H,27,28,30)/b12-11+. The number of benzene rings is 1. The van der Waals surface area contributed by atoms with Crippen molar-refractivity contribution >= 4 is 35.2 Å². The Balaban J connectivity index is 1.76. The van der Waals surface area contributed by atoms with E-state index < -0.39 is 0 Å². The highest BCUT2D eigenvalue weighted by Gasteiger charge is 2.22. The van der Waals surface area contributed by atoms with Gasteiger partial charge in [-0.25, -0.2) is 4.98 Å². The summed E-state index contributed by atoms with van der Waals surface area (Å²) >= 11 is 0. The molecule has 174 valence electrons. The molecular formula is C26H31N3O4. The van der Waals surface area contributed by atoms with Gasteiger partial charge in [0.2, 0.25) is 12.3 Å². The highest BCUT2D eigenvalue weighted by atomic mass is 16.5. The smallest absolute Gasteiger partial charge is 0.246 e. The minimum Gasteiger partial charge on any atom is -0.489 e. The van der Waals surface area contributed by atoms with Gasteiger partial charge in [-0.2, -0.15) is 0 Å². The van der Waals surface area contributed by atoms with Crippen molar-refractivity contribution in [1.82, 2.24) is 9.88 Å². The summed E-state index contributed by atoms with van der Waals surface area (Å²) in [6, 6.07) is 9.36. The van der Waals surface area contributed by atoms with E-state index >= 15 is 0 Å². The van der Waals surface area contributed by atoms with Crippen molar-refractivity contribution in [2.24, 2.45) is 5.41 Å². The largest absolute Gasteiger partial charge is 0.489 e. The maximum Gasteiger partial charge on any atom is 0.246 e. The number of rotatable bonds is 8. The second-order valence-electron chi connectivity index (χ2n) is 9.27. The lowest BCUT2D eigenvalue weighted by molar-refractivity contribution is -0.126. The number of aryl methyl sites for hydroxylation is 1. The van der Waals surface area contributed by atoms with Gasteiger partial charge in [-0.1, -0.05) is 39.0 Å². The number of para-hydroxylation sites is 1. The van der Waals surface area contributed by atoms with Gasteiger partial charge in [-0.3, -0.25) is 9.59 Å². The zero-order valence-electron chi connectivity index (χ0n) is 20.0. The average Bonchev–Trinajstić information content (AvgIpc) is 3.12. The van der Waals surface area contributed by atoms with E-state index in [1.54, 1.807) is 30.3 Å². The first-order valence-corrected chi connectivity index (χ1v) is 10.9. The monoisotopic (exact) mass is 449 g/mol. The molecule has 0 spiro atoms. The molecule has 0 aliphatic rings. The number of furan rings is 1. The first-order valence-electron chi connectivity index (χ1n) is 10.9. The van der Waals surface area contributed by atoms with Crippen LogP contribution >= 0.6 is 0 Å². The van der Waals surface area contributed by atoms with Crippen LogP contribution in [0.15, 0.2) is 47.0 Å². The Morgan fingerprint density at radius 3 is 2.70 bits per heavy atom. The molecule has 0 fully saturated rings. The first kappa shape index (κ1) is 24.0. The molecule has 2 heterocycles. The molecular weight excluding hydrogens is 418 g/mol. The Morgan fingerprint density at radius 2 is 2.03 bits per heavy atom. The fourth-order valence-corrected chi connectivity index (χ4v) is 3.36. The van der Waals surface area contributed by atoms with Crippen LogP contribution in [0.4, 0.5) is 5.82 Å². The molecule has 1 atom stereocenters. The van der Waals surface area contributed by atoms with E-state index in [4.69, 9.17) is 9.15 Å². The Morgan fingerprint density at radius 1 is 1.30 bits per heavy atom. The number of carbonyl (C=O) groups is 2. The van der Waals surface area contributed by atoms with Gasteiger partial charge in [0.25, 0.3) is 0 Å². The second-order valence-corrected chi connectivity index (χ2v) is 9.27. The molecule has 0 radical (unpaired) electrons. The molecule has 1 aromatic carbocycles. The summed E-state index contributed by atoms with van der Waals surface area (Å²) in [5.41, 5.74) is 2.47. The fourth-order valence-electron chi connectivity index (χ4n) is 3.36. The van der Waals surface area contributed by atoms with Gasteiger partial charge in [0.15, 0.2) is 11.6 Å². The number of amides is 2. The Kier molecular flexibility index (Phi) is 7.21. The number of pyridine rings is 1. The molecule has 0 aliphatic carbocycles. The summed E-state index contributed by atoms with van der Waals surface area (Å²) in [5.74, 6) is 1.38. The van der Waals surface area contributed by atoms with Gasteiger partial charge in [0.05, 0.1) is 12.6 Å². The van der Waals surface area contributed by atoms with Crippen molar-refractivity contribution in [3.05, 3.63) is 59.5 Å². The highest BCUT2D eigenvalue weighted by Crippen LogP contribution is 2.32. The molecule has 0 saturated carbocycles. The van der Waals surface area contributed by atoms with Crippen LogP contribution < -0.4 is 10.1 Å². The SMILES string of the molecule is Cc1c(C(C)N(C)C(=O)/C=C/c2cnc(NC=O)c(OCC(C)(C)C)c2)oc2ccccc12. The maximum atomic E-state index is 12.9. The number of fused-ring (bicyclic) bond motifs is 1. The zero-order chi connectivity index (χ0) is 24.2. The Hall–Kier alpha value is -3.61. The molecule has 1 unspecified atom stereocenters. The topological polar surface area (TPSA) is 84.7 Å². The van der Waals surface area contributed by atoms with Crippen molar-refractivity contribution in [3.8, 4) is 5.75 Å². The fraction of sp³-hybridized carbons (Fsp3) is 0.346. The predicted molar refractivity (Wildman–Crippen MR) is 130 cm³/mol. The summed E-state index contributed by atoms with van der Waals surface area (Å²) in [5, 5.41) is 3.60. The van der Waals surface area contributed by atoms with E-state index in [1.807, 2.05) is 38.1 Å². The molecule has 0 aliphatic heterocycles. The first-order chi connectivity index (χ1) is 15.6. The van der Waals surface area contributed by atoms with Crippen LogP contribution in [0.25, 0.3) is 17.0 Å². The summed E-state index contributed by atoms with van der Waals surface area (Å²) in [6.07, 6.45) is 5.30. The zero-order valence-corrected chi connectivity index (χ0v) is 20.0. The normalized spacial score (nSPS) is 12.7. The van der Waals surface area contributed by atoms with E-state index in [9.17, 15) is 9.59 Å². The van der Waals surface area contributed by atoms with Crippen molar-refractivity contribution < 1.29 is 18.7 Å². The van der Waals surface area contributed by atoms with Crippen LogP contribution in [0.1, 0.15) is 50.6 Å². The third-order valence-corrected chi connectivity index (χ3v) is 5.34. The van der Waals surface area contributed by atoms with E-state index in [0.717, 1.165) is 22.3 Å². The summed E-state index contributed by atoms with van der Waals surface area (Å²) in [4.78, 5) is 29.6. The van der Waals surface area contributed by atoms with Crippen LogP contribution in [0.2, 0.25) is 0 Å². The number of likely N-dealkylation sites (N-methyl/N-ethyl adjacent to an activating group) is 1. The number of carbonyl (C=O) groups excluding carboxylic acids is 2. The van der Waals surface area contributed by atoms with Crippen LogP contribution in [-0.4, -0.2) is 35.9 Å². The van der Waals surface area contributed by atoms with Gasteiger partial charge < -0.3 is 19.4 Å². The number of nitrogens with one attached hydrogen (secondary N) is 1. The third kappa shape index (κ3) is 5.80. The van der Waals surface area contributed by atoms with E-state index in [2.05, 4.69) is 31.1 Å². The average molecular weight is 450 g/mol. The van der Waals surface area contributed by atoms with Crippen LogP contribution in [-0.2, 0) is 9.59 Å². The number of ether oxygens (including phenoxy) is 1. The third-order valence-electron chi connectivity index (χ3n) is 5.34. The molecule has 2 amide bonds. The maximum absolute atomic E-state index is 12.9. The number of nitrogens with zero attached hydrogens (tertiary/aromatic N) is 2. The van der Waals surface area contributed by atoms with E-state index in [0.29, 0.717) is 30.1 Å². The second kappa shape index (κ2) is 9.90. The molecule has 0 bridgehead atoms. The van der Waals surface area contributed by atoms with Crippen molar-refractivity contribution in [2.75, 3.05) is 19.0 Å².